The lowest BCUT2D eigenvalue weighted by Gasteiger charge is -2.12. The molecule has 0 saturated heterocycles. The molecule has 0 heterocycles. The summed E-state index contributed by atoms with van der Waals surface area (Å²) in [7, 11) is 0. The van der Waals surface area contributed by atoms with Crippen LogP contribution in [-0.2, 0) is 6.42 Å². The first-order chi connectivity index (χ1) is 5.82. The first-order valence-electron chi connectivity index (χ1n) is 4.65. The molecule has 12 heavy (non-hydrogen) atoms. The zero-order chi connectivity index (χ0) is 8.18. The van der Waals surface area contributed by atoms with E-state index in [1.165, 1.54) is 30.4 Å². The smallest absolute Gasteiger partial charge is 0.0358 e. The largest absolute Gasteiger partial charge is 0.323 e. The van der Waals surface area contributed by atoms with E-state index in [4.69, 9.17) is 5.73 Å². The Kier molecular flexibility index (Phi) is 1.06. The third kappa shape index (κ3) is 0.674. The molecule has 1 unspecified atom stereocenters. The predicted molar refractivity (Wildman–Crippen MR) is 48.7 cm³/mol. The van der Waals surface area contributed by atoms with Gasteiger partial charge in [0.2, 0.25) is 0 Å². The van der Waals surface area contributed by atoms with E-state index in [2.05, 4.69) is 24.3 Å². The number of hydrogen-bond donors (Lipinski definition) is 1. The average molecular weight is 159 g/mol. The minimum absolute atomic E-state index is 0.327. The van der Waals surface area contributed by atoms with Crippen LogP contribution in [0.5, 0.6) is 0 Å². The van der Waals surface area contributed by atoms with Crippen molar-refractivity contribution in [2.24, 2.45) is 11.1 Å². The first-order valence-corrected chi connectivity index (χ1v) is 4.65. The van der Waals surface area contributed by atoms with Crippen LogP contribution in [0.2, 0.25) is 0 Å². The highest BCUT2D eigenvalue weighted by Crippen LogP contribution is 2.60. The van der Waals surface area contributed by atoms with Gasteiger partial charge >= 0.3 is 0 Å². The molecule has 2 aliphatic rings. The molecule has 1 aromatic rings. The summed E-state index contributed by atoms with van der Waals surface area (Å²) in [6.07, 6.45) is 3.90. The Labute approximate surface area is 72.6 Å². The van der Waals surface area contributed by atoms with Crippen molar-refractivity contribution in [1.82, 2.24) is 0 Å². The van der Waals surface area contributed by atoms with Crippen LogP contribution in [0.3, 0.4) is 0 Å². The zero-order valence-corrected chi connectivity index (χ0v) is 7.09. The number of hydrogen-bond acceptors (Lipinski definition) is 1. The van der Waals surface area contributed by atoms with Crippen molar-refractivity contribution in [3.05, 3.63) is 35.4 Å². The SMILES string of the molecule is NC1c2ccccc2CC12CC2. The first kappa shape index (κ1) is 6.67. The van der Waals surface area contributed by atoms with Gasteiger partial charge in [-0.15, -0.1) is 0 Å². The fourth-order valence-electron chi connectivity index (χ4n) is 2.47. The Bertz CT molecular complexity index is 326. The molecule has 1 aromatic carbocycles. The highest BCUT2D eigenvalue weighted by Gasteiger charge is 2.52. The van der Waals surface area contributed by atoms with Gasteiger partial charge in [-0.05, 0) is 35.8 Å². The van der Waals surface area contributed by atoms with Crippen molar-refractivity contribution in [3.8, 4) is 0 Å². The van der Waals surface area contributed by atoms with Crippen LogP contribution in [0.15, 0.2) is 24.3 Å². The van der Waals surface area contributed by atoms with Crippen LogP contribution in [-0.4, -0.2) is 0 Å². The van der Waals surface area contributed by atoms with Gasteiger partial charge in [0.05, 0.1) is 0 Å². The number of nitrogens with two attached hydrogens (primary N) is 1. The molecule has 1 atom stereocenters. The Morgan fingerprint density at radius 2 is 2.00 bits per heavy atom. The van der Waals surface area contributed by atoms with E-state index in [0.29, 0.717) is 11.5 Å². The lowest BCUT2D eigenvalue weighted by Crippen LogP contribution is -2.17. The summed E-state index contributed by atoms with van der Waals surface area (Å²) in [5.41, 5.74) is 9.56. The molecule has 1 heteroatoms. The molecular formula is C11H13N. The topological polar surface area (TPSA) is 26.0 Å². The van der Waals surface area contributed by atoms with Crippen molar-refractivity contribution in [1.29, 1.82) is 0 Å². The molecule has 62 valence electrons. The lowest BCUT2D eigenvalue weighted by atomic mass is 9.99. The molecule has 1 saturated carbocycles. The third-order valence-electron chi connectivity index (χ3n) is 3.48. The third-order valence-corrected chi connectivity index (χ3v) is 3.48. The standard InChI is InChI=1S/C11H13N/c12-10-9-4-2-1-3-8(9)7-11(10)5-6-11/h1-4,10H,5-7,12H2. The van der Waals surface area contributed by atoms with E-state index in [0.717, 1.165) is 0 Å². The minimum Gasteiger partial charge on any atom is -0.323 e. The fourth-order valence-corrected chi connectivity index (χ4v) is 2.47. The van der Waals surface area contributed by atoms with Crippen LogP contribution in [0, 0.1) is 5.41 Å². The van der Waals surface area contributed by atoms with Crippen molar-refractivity contribution >= 4 is 0 Å². The molecule has 1 spiro atoms. The summed E-state index contributed by atoms with van der Waals surface area (Å²) in [5, 5.41) is 0. The highest BCUT2D eigenvalue weighted by molar-refractivity contribution is 5.40. The van der Waals surface area contributed by atoms with Crippen LogP contribution < -0.4 is 5.73 Å². The minimum atomic E-state index is 0.327. The zero-order valence-electron chi connectivity index (χ0n) is 7.09. The average Bonchev–Trinajstić information content (AvgIpc) is 2.79. The summed E-state index contributed by atoms with van der Waals surface area (Å²) in [6, 6.07) is 8.95. The Hall–Kier alpha value is -0.820. The maximum Gasteiger partial charge on any atom is 0.0358 e. The summed E-state index contributed by atoms with van der Waals surface area (Å²) in [5.74, 6) is 0. The van der Waals surface area contributed by atoms with Crippen molar-refractivity contribution < 1.29 is 0 Å². The highest BCUT2D eigenvalue weighted by atomic mass is 14.8. The second-order valence-corrected chi connectivity index (χ2v) is 4.22. The van der Waals surface area contributed by atoms with Gasteiger partial charge in [0.15, 0.2) is 0 Å². The van der Waals surface area contributed by atoms with E-state index in [-0.39, 0.29) is 0 Å². The molecule has 2 N–H and O–H groups in total. The predicted octanol–water partition coefficient (Wildman–Crippen LogP) is 2.02. The Balaban J connectivity index is 2.13. The van der Waals surface area contributed by atoms with Crippen molar-refractivity contribution in [3.63, 3.8) is 0 Å². The number of rotatable bonds is 0. The molecule has 0 aromatic heterocycles. The van der Waals surface area contributed by atoms with E-state index < -0.39 is 0 Å². The van der Waals surface area contributed by atoms with Gasteiger partial charge in [-0.1, -0.05) is 24.3 Å². The molecule has 2 aliphatic carbocycles. The fraction of sp³-hybridized carbons (Fsp3) is 0.455. The molecule has 1 nitrogen and oxygen atoms in total. The van der Waals surface area contributed by atoms with Gasteiger partial charge < -0.3 is 5.73 Å². The summed E-state index contributed by atoms with van der Waals surface area (Å²) < 4.78 is 0. The van der Waals surface area contributed by atoms with Crippen LogP contribution in [0.1, 0.15) is 30.0 Å². The van der Waals surface area contributed by atoms with Crippen LogP contribution >= 0.6 is 0 Å². The second kappa shape index (κ2) is 1.91. The molecule has 0 radical (unpaired) electrons. The van der Waals surface area contributed by atoms with Crippen molar-refractivity contribution in [2.45, 2.75) is 25.3 Å². The maximum atomic E-state index is 6.19. The summed E-state index contributed by atoms with van der Waals surface area (Å²) >= 11 is 0. The van der Waals surface area contributed by atoms with Gasteiger partial charge in [0.25, 0.3) is 0 Å². The van der Waals surface area contributed by atoms with Gasteiger partial charge in [-0.25, -0.2) is 0 Å². The van der Waals surface area contributed by atoms with Crippen LogP contribution in [0.4, 0.5) is 0 Å². The molecule has 0 amide bonds. The van der Waals surface area contributed by atoms with E-state index in [1.54, 1.807) is 0 Å². The van der Waals surface area contributed by atoms with E-state index in [9.17, 15) is 0 Å². The summed E-state index contributed by atoms with van der Waals surface area (Å²) in [6.45, 7) is 0. The van der Waals surface area contributed by atoms with Gasteiger partial charge in [-0.3, -0.25) is 0 Å². The lowest BCUT2D eigenvalue weighted by molar-refractivity contribution is 0.446. The number of benzene rings is 1. The Morgan fingerprint density at radius 1 is 1.25 bits per heavy atom. The molecular weight excluding hydrogens is 146 g/mol. The molecule has 0 aliphatic heterocycles. The van der Waals surface area contributed by atoms with Gasteiger partial charge in [-0.2, -0.15) is 0 Å². The molecule has 0 bridgehead atoms. The monoisotopic (exact) mass is 159 g/mol. The van der Waals surface area contributed by atoms with Crippen LogP contribution in [0.25, 0.3) is 0 Å². The molecule has 3 rings (SSSR count). The maximum absolute atomic E-state index is 6.19. The van der Waals surface area contributed by atoms with E-state index in [1.807, 2.05) is 0 Å². The quantitative estimate of drug-likeness (QED) is 0.615. The molecule has 1 fully saturated rings. The summed E-state index contributed by atoms with van der Waals surface area (Å²) in [4.78, 5) is 0. The van der Waals surface area contributed by atoms with E-state index >= 15 is 0 Å². The van der Waals surface area contributed by atoms with Crippen molar-refractivity contribution in [2.75, 3.05) is 0 Å². The normalized spacial score (nSPS) is 28.9. The number of fused-ring (bicyclic) bond motifs is 1. The Morgan fingerprint density at radius 3 is 2.67 bits per heavy atom. The second-order valence-electron chi connectivity index (χ2n) is 4.22. The van der Waals surface area contributed by atoms with Gasteiger partial charge in [0, 0.05) is 6.04 Å². The van der Waals surface area contributed by atoms with Gasteiger partial charge in [0.1, 0.15) is 0 Å².